The summed E-state index contributed by atoms with van der Waals surface area (Å²) >= 11 is 0. The van der Waals surface area contributed by atoms with E-state index >= 15 is 0 Å². The van der Waals surface area contributed by atoms with Crippen LogP contribution >= 0.6 is 0 Å². The van der Waals surface area contributed by atoms with E-state index in [1.807, 2.05) is 6.07 Å². The first-order valence-electron chi connectivity index (χ1n) is 6.90. The van der Waals surface area contributed by atoms with E-state index in [1.165, 1.54) is 12.0 Å². The fourth-order valence-corrected chi connectivity index (χ4v) is 2.39. The summed E-state index contributed by atoms with van der Waals surface area (Å²) in [5, 5.41) is 4.45. The SMILES string of the molecule is COc1ccc(CCN2CCC[N]CC2)cc1OC. The molecule has 1 aliphatic rings. The van der Waals surface area contributed by atoms with E-state index in [9.17, 15) is 0 Å². The van der Waals surface area contributed by atoms with Crippen molar-refractivity contribution in [2.24, 2.45) is 0 Å². The molecule has 2 rings (SSSR count). The third-order valence-electron chi connectivity index (χ3n) is 3.53. The second-order valence-corrected chi connectivity index (χ2v) is 4.81. The topological polar surface area (TPSA) is 35.8 Å². The highest BCUT2D eigenvalue weighted by Crippen LogP contribution is 2.27. The van der Waals surface area contributed by atoms with Crippen LogP contribution in [-0.2, 0) is 6.42 Å². The summed E-state index contributed by atoms with van der Waals surface area (Å²) in [6, 6.07) is 6.16. The van der Waals surface area contributed by atoms with Crippen LogP contribution in [0.25, 0.3) is 0 Å². The largest absolute Gasteiger partial charge is 0.493 e. The van der Waals surface area contributed by atoms with Gasteiger partial charge in [-0.1, -0.05) is 6.07 Å². The molecule has 4 nitrogen and oxygen atoms in total. The lowest BCUT2D eigenvalue weighted by atomic mass is 10.1. The van der Waals surface area contributed by atoms with E-state index in [2.05, 4.69) is 22.3 Å². The summed E-state index contributed by atoms with van der Waals surface area (Å²) in [6.07, 6.45) is 2.23. The molecular formula is C15H23N2O2. The van der Waals surface area contributed by atoms with E-state index in [0.717, 1.165) is 50.6 Å². The number of hydrogen-bond donors (Lipinski definition) is 0. The molecule has 1 aromatic rings. The number of methoxy groups -OCH3 is 2. The van der Waals surface area contributed by atoms with Crippen LogP contribution in [0.5, 0.6) is 11.5 Å². The quantitative estimate of drug-likeness (QED) is 0.809. The normalized spacial score (nSPS) is 16.9. The number of hydrogen-bond acceptors (Lipinski definition) is 3. The molecule has 1 aromatic carbocycles. The minimum absolute atomic E-state index is 0.792. The Hall–Kier alpha value is -1.26. The minimum Gasteiger partial charge on any atom is -0.493 e. The Morgan fingerprint density at radius 2 is 1.95 bits per heavy atom. The van der Waals surface area contributed by atoms with Gasteiger partial charge in [0.1, 0.15) is 0 Å². The molecule has 4 heteroatoms. The van der Waals surface area contributed by atoms with Gasteiger partial charge in [-0.15, -0.1) is 0 Å². The zero-order valence-corrected chi connectivity index (χ0v) is 11.9. The van der Waals surface area contributed by atoms with E-state index in [4.69, 9.17) is 9.47 Å². The molecule has 0 aliphatic carbocycles. The fraction of sp³-hybridized carbons (Fsp3) is 0.600. The van der Waals surface area contributed by atoms with Crippen molar-refractivity contribution in [3.05, 3.63) is 23.8 Å². The highest BCUT2D eigenvalue weighted by atomic mass is 16.5. The predicted molar refractivity (Wildman–Crippen MR) is 76.2 cm³/mol. The molecule has 0 atom stereocenters. The number of rotatable bonds is 5. The molecule has 0 amide bonds. The Morgan fingerprint density at radius 3 is 2.74 bits per heavy atom. The third-order valence-corrected chi connectivity index (χ3v) is 3.53. The van der Waals surface area contributed by atoms with Gasteiger partial charge in [0.2, 0.25) is 0 Å². The Morgan fingerprint density at radius 1 is 1.11 bits per heavy atom. The van der Waals surface area contributed by atoms with Gasteiger partial charge in [0, 0.05) is 26.2 Å². The second kappa shape index (κ2) is 7.36. The van der Waals surface area contributed by atoms with Crippen molar-refractivity contribution in [2.75, 3.05) is 46.9 Å². The van der Waals surface area contributed by atoms with Crippen LogP contribution in [0.3, 0.4) is 0 Å². The first-order chi connectivity index (χ1) is 9.33. The maximum atomic E-state index is 5.34. The third kappa shape index (κ3) is 4.11. The van der Waals surface area contributed by atoms with Crippen molar-refractivity contribution in [2.45, 2.75) is 12.8 Å². The Balaban J connectivity index is 1.91. The molecule has 1 radical (unpaired) electrons. The van der Waals surface area contributed by atoms with Crippen LogP contribution in [0.15, 0.2) is 18.2 Å². The van der Waals surface area contributed by atoms with Gasteiger partial charge in [0.25, 0.3) is 0 Å². The first kappa shape index (κ1) is 14.2. The average Bonchev–Trinajstić information content (AvgIpc) is 2.73. The van der Waals surface area contributed by atoms with Crippen LogP contribution in [0.4, 0.5) is 0 Å². The molecule has 0 spiro atoms. The Bertz CT molecular complexity index is 388. The molecule has 0 aromatic heterocycles. The van der Waals surface area contributed by atoms with Crippen LogP contribution in [0.1, 0.15) is 12.0 Å². The molecule has 19 heavy (non-hydrogen) atoms. The summed E-state index contributed by atoms with van der Waals surface area (Å²) < 4.78 is 10.6. The van der Waals surface area contributed by atoms with Gasteiger partial charge in [-0.3, -0.25) is 0 Å². The monoisotopic (exact) mass is 263 g/mol. The van der Waals surface area contributed by atoms with Crippen molar-refractivity contribution in [1.82, 2.24) is 10.2 Å². The Labute approximate surface area is 115 Å². The van der Waals surface area contributed by atoms with Crippen molar-refractivity contribution in [3.63, 3.8) is 0 Å². The van der Waals surface area contributed by atoms with Gasteiger partial charge in [-0.05, 0) is 37.1 Å². The zero-order valence-electron chi connectivity index (χ0n) is 11.9. The lowest BCUT2D eigenvalue weighted by molar-refractivity contribution is 0.296. The summed E-state index contributed by atoms with van der Waals surface area (Å²) in [5.74, 6) is 1.60. The van der Waals surface area contributed by atoms with Crippen LogP contribution in [-0.4, -0.2) is 51.8 Å². The van der Waals surface area contributed by atoms with Crippen molar-refractivity contribution in [1.29, 1.82) is 0 Å². The fourth-order valence-electron chi connectivity index (χ4n) is 2.39. The molecule has 1 saturated heterocycles. The average molecular weight is 263 g/mol. The van der Waals surface area contributed by atoms with Gasteiger partial charge in [-0.25, -0.2) is 5.32 Å². The number of ether oxygens (including phenoxy) is 2. The standard InChI is InChI=1S/C15H23N2O2/c1-18-14-5-4-13(12-15(14)19-2)6-10-17-9-3-7-16-8-11-17/h4-5,12H,3,6-11H2,1-2H3. The number of benzene rings is 1. The van der Waals surface area contributed by atoms with E-state index in [0.29, 0.717) is 0 Å². The van der Waals surface area contributed by atoms with E-state index < -0.39 is 0 Å². The second-order valence-electron chi connectivity index (χ2n) is 4.81. The van der Waals surface area contributed by atoms with Crippen molar-refractivity contribution < 1.29 is 9.47 Å². The van der Waals surface area contributed by atoms with E-state index in [-0.39, 0.29) is 0 Å². The van der Waals surface area contributed by atoms with Gasteiger partial charge in [0.15, 0.2) is 11.5 Å². The maximum Gasteiger partial charge on any atom is 0.160 e. The molecule has 105 valence electrons. The Kier molecular flexibility index (Phi) is 5.48. The highest BCUT2D eigenvalue weighted by molar-refractivity contribution is 5.42. The molecule has 0 N–H and O–H groups in total. The first-order valence-corrected chi connectivity index (χ1v) is 6.90. The minimum atomic E-state index is 0.792. The summed E-state index contributed by atoms with van der Waals surface area (Å²) in [6.45, 7) is 5.34. The lowest BCUT2D eigenvalue weighted by Gasteiger charge is -2.19. The predicted octanol–water partition coefficient (Wildman–Crippen LogP) is 1.56. The number of nitrogens with zero attached hydrogens (tertiary/aromatic N) is 2. The van der Waals surface area contributed by atoms with Gasteiger partial charge >= 0.3 is 0 Å². The van der Waals surface area contributed by atoms with Gasteiger partial charge < -0.3 is 14.4 Å². The molecule has 0 bridgehead atoms. The van der Waals surface area contributed by atoms with Crippen LogP contribution in [0, 0.1) is 0 Å². The highest BCUT2D eigenvalue weighted by Gasteiger charge is 2.10. The van der Waals surface area contributed by atoms with Crippen LogP contribution < -0.4 is 14.8 Å². The molecular weight excluding hydrogens is 240 g/mol. The molecule has 1 heterocycles. The van der Waals surface area contributed by atoms with Crippen molar-refractivity contribution >= 4 is 0 Å². The summed E-state index contributed by atoms with van der Waals surface area (Å²) in [5.41, 5.74) is 1.29. The van der Waals surface area contributed by atoms with Gasteiger partial charge in [-0.2, -0.15) is 0 Å². The van der Waals surface area contributed by atoms with Crippen molar-refractivity contribution in [3.8, 4) is 11.5 Å². The zero-order chi connectivity index (χ0) is 13.5. The summed E-state index contributed by atoms with van der Waals surface area (Å²) in [7, 11) is 3.34. The summed E-state index contributed by atoms with van der Waals surface area (Å²) in [4.78, 5) is 2.49. The van der Waals surface area contributed by atoms with Crippen LogP contribution in [0.2, 0.25) is 0 Å². The smallest absolute Gasteiger partial charge is 0.160 e. The molecule has 1 aliphatic heterocycles. The maximum absolute atomic E-state index is 5.34. The molecule has 0 saturated carbocycles. The van der Waals surface area contributed by atoms with Gasteiger partial charge in [0.05, 0.1) is 14.2 Å². The molecule has 1 fully saturated rings. The molecule has 0 unspecified atom stereocenters. The lowest BCUT2D eigenvalue weighted by Crippen LogP contribution is -2.29. The van der Waals surface area contributed by atoms with E-state index in [1.54, 1.807) is 14.2 Å².